The zero-order valence-electron chi connectivity index (χ0n) is 19.3. The van der Waals surface area contributed by atoms with Crippen molar-refractivity contribution in [3.8, 4) is 17.4 Å². The van der Waals surface area contributed by atoms with E-state index in [2.05, 4.69) is 10.3 Å². The molecule has 1 aromatic heterocycles. The topological polar surface area (TPSA) is 99.2 Å². The first-order valence-corrected chi connectivity index (χ1v) is 11.9. The van der Waals surface area contributed by atoms with Gasteiger partial charge in [0, 0.05) is 31.5 Å². The van der Waals surface area contributed by atoms with Crippen LogP contribution >= 0.6 is 0 Å². The number of hydrogen-bond acceptors (Lipinski definition) is 7. The smallest absolute Gasteiger partial charge is 0.262 e. The third-order valence-electron chi connectivity index (χ3n) is 6.97. The molecule has 2 aromatic rings. The molecule has 184 valence electrons. The predicted molar refractivity (Wildman–Crippen MR) is 122 cm³/mol. The van der Waals surface area contributed by atoms with Crippen molar-refractivity contribution in [1.29, 1.82) is 0 Å². The van der Waals surface area contributed by atoms with Gasteiger partial charge in [0.2, 0.25) is 11.8 Å². The van der Waals surface area contributed by atoms with E-state index in [0.29, 0.717) is 68.3 Å². The number of benzene rings is 1. The number of nitrogens with one attached hydrogen (secondary N) is 1. The van der Waals surface area contributed by atoms with E-state index in [4.69, 9.17) is 18.9 Å². The number of nitrogens with zero attached hydrogens (tertiary/aromatic N) is 2. The Kier molecular flexibility index (Phi) is 5.47. The van der Waals surface area contributed by atoms with Crippen molar-refractivity contribution < 1.29 is 32.9 Å². The molecule has 2 amide bonds. The van der Waals surface area contributed by atoms with Crippen LogP contribution in [0.5, 0.6) is 17.4 Å². The van der Waals surface area contributed by atoms with Crippen molar-refractivity contribution in [3.05, 3.63) is 40.8 Å². The fraction of sp³-hybridized carbons (Fsp3) is 0.480. The molecule has 4 aliphatic rings. The molecule has 9 nitrogen and oxygen atoms in total. The molecular weight excluding hydrogens is 457 g/mol. The fourth-order valence-corrected chi connectivity index (χ4v) is 5.10. The molecule has 0 radical (unpaired) electrons. The molecule has 0 aliphatic carbocycles. The summed E-state index contributed by atoms with van der Waals surface area (Å²) in [6.45, 7) is 3.10. The van der Waals surface area contributed by atoms with Gasteiger partial charge in [-0.05, 0) is 30.5 Å². The predicted octanol–water partition coefficient (Wildman–Crippen LogP) is 2.64. The summed E-state index contributed by atoms with van der Waals surface area (Å²) in [7, 11) is 0. The number of aromatic nitrogens is 1. The van der Waals surface area contributed by atoms with E-state index in [9.17, 15) is 9.59 Å². The summed E-state index contributed by atoms with van der Waals surface area (Å²) in [5.74, 6) is -0.283. The van der Waals surface area contributed by atoms with E-state index < -0.39 is 5.82 Å². The number of anilines is 1. The molecule has 2 saturated heterocycles. The monoisotopic (exact) mass is 483 g/mol. The number of carbonyl (C=O) groups is 2. The van der Waals surface area contributed by atoms with Gasteiger partial charge in [0.25, 0.3) is 5.91 Å². The molecule has 35 heavy (non-hydrogen) atoms. The second-order valence-corrected chi connectivity index (χ2v) is 9.44. The molecule has 0 bridgehead atoms. The van der Waals surface area contributed by atoms with Gasteiger partial charge in [-0.15, -0.1) is 0 Å². The zero-order chi connectivity index (χ0) is 24.1. The number of fused-ring (bicyclic) bond motifs is 3. The second-order valence-electron chi connectivity index (χ2n) is 9.44. The Labute approximate surface area is 201 Å². The molecule has 0 spiro atoms. The van der Waals surface area contributed by atoms with Crippen LogP contribution in [0, 0.1) is 12.7 Å². The average Bonchev–Trinajstić information content (AvgIpc) is 3.47. The van der Waals surface area contributed by atoms with Crippen LogP contribution in [0.15, 0.2) is 18.3 Å². The van der Waals surface area contributed by atoms with Crippen LogP contribution in [0.2, 0.25) is 0 Å². The molecule has 2 fully saturated rings. The maximum Gasteiger partial charge on any atom is 0.262 e. The summed E-state index contributed by atoms with van der Waals surface area (Å²) >= 11 is 0. The highest BCUT2D eigenvalue weighted by Gasteiger charge is 2.43. The second kappa shape index (κ2) is 8.67. The Bertz CT molecular complexity index is 1200. The zero-order valence-corrected chi connectivity index (χ0v) is 19.3. The summed E-state index contributed by atoms with van der Waals surface area (Å²) in [6.07, 6.45) is 3.34. The van der Waals surface area contributed by atoms with Gasteiger partial charge in [0.1, 0.15) is 30.1 Å². The van der Waals surface area contributed by atoms with Crippen LogP contribution in [0.1, 0.15) is 40.7 Å². The molecule has 10 heteroatoms. The van der Waals surface area contributed by atoms with Crippen molar-refractivity contribution in [2.45, 2.75) is 50.9 Å². The third kappa shape index (κ3) is 4.05. The Morgan fingerprint density at radius 2 is 2.06 bits per heavy atom. The van der Waals surface area contributed by atoms with Gasteiger partial charge in [-0.25, -0.2) is 9.37 Å². The van der Waals surface area contributed by atoms with Crippen LogP contribution < -0.4 is 19.5 Å². The number of aryl methyl sites for hydroxylation is 2. The van der Waals surface area contributed by atoms with E-state index in [1.807, 2.05) is 0 Å². The summed E-state index contributed by atoms with van der Waals surface area (Å²) in [4.78, 5) is 31.4. The van der Waals surface area contributed by atoms with E-state index in [1.54, 1.807) is 30.2 Å². The van der Waals surface area contributed by atoms with Gasteiger partial charge in [0.15, 0.2) is 11.6 Å². The largest absolute Gasteiger partial charge is 0.490 e. The van der Waals surface area contributed by atoms with Gasteiger partial charge in [-0.2, -0.15) is 0 Å². The van der Waals surface area contributed by atoms with Crippen LogP contribution in [-0.2, 0) is 16.0 Å². The minimum atomic E-state index is -0.557. The highest BCUT2D eigenvalue weighted by Crippen LogP contribution is 2.40. The van der Waals surface area contributed by atoms with Gasteiger partial charge in [-0.1, -0.05) is 0 Å². The maximum atomic E-state index is 15.2. The van der Waals surface area contributed by atoms with E-state index in [0.717, 1.165) is 5.56 Å². The Morgan fingerprint density at radius 3 is 2.89 bits per heavy atom. The first kappa shape index (κ1) is 22.1. The number of carbonyl (C=O) groups excluding carboxylic acids is 2. The van der Waals surface area contributed by atoms with Crippen molar-refractivity contribution >= 4 is 17.5 Å². The number of pyridine rings is 1. The van der Waals surface area contributed by atoms with Crippen LogP contribution in [-0.4, -0.2) is 66.3 Å². The van der Waals surface area contributed by atoms with Gasteiger partial charge >= 0.3 is 0 Å². The lowest BCUT2D eigenvalue weighted by molar-refractivity contribution is -0.116. The molecule has 4 aliphatic heterocycles. The fourth-order valence-electron chi connectivity index (χ4n) is 5.10. The molecule has 6 rings (SSSR count). The number of amides is 2. The summed E-state index contributed by atoms with van der Waals surface area (Å²) in [5, 5.41) is 2.85. The number of halogens is 1. The van der Waals surface area contributed by atoms with Crippen LogP contribution in [0.3, 0.4) is 0 Å². The van der Waals surface area contributed by atoms with Crippen molar-refractivity contribution in [2.24, 2.45) is 0 Å². The quantitative estimate of drug-likeness (QED) is 0.714. The average molecular weight is 483 g/mol. The summed E-state index contributed by atoms with van der Waals surface area (Å²) in [6, 6.07) is 3.04. The first-order chi connectivity index (χ1) is 17.0. The van der Waals surface area contributed by atoms with Crippen molar-refractivity contribution in [1.82, 2.24) is 9.88 Å². The standard InChI is InChI=1S/C25H26FN3O6/c1-13-6-19-22(24(23(13)26)35-16-4-5-32-12-16)25(31)29-10-17(7-15(29)11-33-19)34-21-8-18-14(9-27-21)2-3-20(30)28-18/h6,8-9,15-17H,2-5,7,10-12H2,1H3,(H,28,30)/t15-,16+,17+/m1/s1. The Hall–Kier alpha value is -3.40. The number of ether oxygens (including phenoxy) is 4. The maximum absolute atomic E-state index is 15.2. The Balaban J connectivity index is 1.24. The van der Waals surface area contributed by atoms with E-state index in [-0.39, 0.29) is 48.0 Å². The lowest BCUT2D eigenvalue weighted by atomic mass is 10.1. The molecule has 1 aromatic carbocycles. The van der Waals surface area contributed by atoms with Gasteiger partial charge < -0.3 is 29.2 Å². The minimum absolute atomic E-state index is 0.0324. The van der Waals surface area contributed by atoms with Crippen molar-refractivity contribution in [2.75, 3.05) is 31.7 Å². The first-order valence-electron chi connectivity index (χ1n) is 11.9. The molecule has 5 heterocycles. The molecule has 1 N–H and O–H groups in total. The lowest BCUT2D eigenvalue weighted by Gasteiger charge is -2.22. The Morgan fingerprint density at radius 1 is 1.17 bits per heavy atom. The molecule has 3 atom stereocenters. The number of rotatable bonds is 4. The van der Waals surface area contributed by atoms with E-state index in [1.165, 1.54) is 0 Å². The highest BCUT2D eigenvalue weighted by molar-refractivity contribution is 6.00. The van der Waals surface area contributed by atoms with Crippen molar-refractivity contribution in [3.63, 3.8) is 0 Å². The normalized spacial score (nSPS) is 25.2. The number of hydrogen-bond donors (Lipinski definition) is 1. The van der Waals surface area contributed by atoms with Gasteiger partial charge in [-0.3, -0.25) is 9.59 Å². The molecular formula is C25H26FN3O6. The summed E-state index contributed by atoms with van der Waals surface area (Å²) in [5.41, 5.74) is 2.14. The molecule has 0 saturated carbocycles. The van der Waals surface area contributed by atoms with Crippen LogP contribution in [0.25, 0.3) is 0 Å². The summed E-state index contributed by atoms with van der Waals surface area (Å²) < 4.78 is 38.6. The lowest BCUT2D eigenvalue weighted by Crippen LogP contribution is -2.37. The van der Waals surface area contributed by atoms with Gasteiger partial charge in [0.05, 0.1) is 31.5 Å². The third-order valence-corrected chi connectivity index (χ3v) is 6.97. The SMILES string of the molecule is Cc1cc2c(c(O[C@H]3CCOC3)c1F)C(=O)N1C[C@@H](Oc3cc4c(cn3)CCC(=O)N4)C[C@@H]1CO2. The highest BCUT2D eigenvalue weighted by atomic mass is 19.1. The molecule has 0 unspecified atom stereocenters. The minimum Gasteiger partial charge on any atom is -0.490 e. The van der Waals surface area contributed by atoms with Crippen LogP contribution in [0.4, 0.5) is 10.1 Å². The van der Waals surface area contributed by atoms with E-state index >= 15 is 4.39 Å².